The Kier molecular flexibility index (Phi) is 6.04. The molecule has 1 heterocycles. The molecule has 3 N–H and O–H groups in total. The van der Waals surface area contributed by atoms with Gasteiger partial charge in [0.15, 0.2) is 0 Å². The number of nitrogens with zero attached hydrogens (tertiary/aromatic N) is 1. The van der Waals surface area contributed by atoms with Gasteiger partial charge in [-0.25, -0.2) is 4.68 Å². The highest BCUT2D eigenvalue weighted by atomic mass is 35.5. The molecule has 3 rings (SSSR count). The predicted octanol–water partition coefficient (Wildman–Crippen LogP) is 2.77. The van der Waals surface area contributed by atoms with Gasteiger partial charge in [0.2, 0.25) is 0 Å². The number of hydrogen-bond donors (Lipinski definition) is 3. The van der Waals surface area contributed by atoms with Crippen molar-refractivity contribution < 1.29 is 19.4 Å². The summed E-state index contributed by atoms with van der Waals surface area (Å²) in [6, 6.07) is 13.7. The van der Waals surface area contributed by atoms with Crippen molar-refractivity contribution in [2.45, 2.75) is 12.5 Å². The summed E-state index contributed by atoms with van der Waals surface area (Å²) in [6.07, 6.45) is -0.339. The number of aromatic amines is 1. The van der Waals surface area contributed by atoms with Crippen molar-refractivity contribution in [1.29, 1.82) is 0 Å². The zero-order chi connectivity index (χ0) is 21.0. The van der Waals surface area contributed by atoms with Gasteiger partial charge >= 0.3 is 5.97 Å². The summed E-state index contributed by atoms with van der Waals surface area (Å²) >= 11 is 6.11. The lowest BCUT2D eigenvalue weighted by Gasteiger charge is -2.17. The molecule has 9 heteroatoms. The van der Waals surface area contributed by atoms with E-state index in [-0.39, 0.29) is 12.1 Å². The molecule has 150 valence electrons. The van der Waals surface area contributed by atoms with Gasteiger partial charge in [-0.2, -0.15) is 0 Å². The number of carbonyl (C=O) groups is 2. The van der Waals surface area contributed by atoms with Gasteiger partial charge in [0, 0.05) is 6.07 Å². The van der Waals surface area contributed by atoms with Gasteiger partial charge in [-0.05, 0) is 29.8 Å². The van der Waals surface area contributed by atoms with Crippen LogP contribution in [-0.4, -0.2) is 33.9 Å². The Bertz CT molecular complexity index is 1110. The second-order valence-electron chi connectivity index (χ2n) is 6.20. The Morgan fingerprint density at radius 3 is 2.66 bits per heavy atom. The summed E-state index contributed by atoms with van der Waals surface area (Å²) in [5, 5.41) is 14.9. The van der Waals surface area contributed by atoms with E-state index in [1.807, 2.05) is 0 Å². The van der Waals surface area contributed by atoms with Crippen molar-refractivity contribution in [1.82, 2.24) is 15.1 Å². The number of carboxylic acids is 1. The summed E-state index contributed by atoms with van der Waals surface area (Å²) in [5.41, 5.74) is 0.466. The Balaban J connectivity index is 1.88. The van der Waals surface area contributed by atoms with Gasteiger partial charge in [-0.3, -0.25) is 19.5 Å². The zero-order valence-electron chi connectivity index (χ0n) is 15.4. The number of methoxy groups -OCH3 is 1. The van der Waals surface area contributed by atoms with Gasteiger partial charge in [0.1, 0.15) is 11.4 Å². The largest absolute Gasteiger partial charge is 0.497 e. The van der Waals surface area contributed by atoms with E-state index >= 15 is 0 Å². The second-order valence-corrected chi connectivity index (χ2v) is 6.60. The Morgan fingerprint density at radius 1 is 1.21 bits per heavy atom. The number of H-pyrrole nitrogens is 1. The number of carboxylic acid groups (broad SMARTS) is 1. The van der Waals surface area contributed by atoms with E-state index in [0.717, 1.165) is 10.7 Å². The van der Waals surface area contributed by atoms with Crippen LogP contribution in [0.25, 0.3) is 5.69 Å². The molecule has 0 radical (unpaired) electrons. The minimum Gasteiger partial charge on any atom is -0.497 e. The highest BCUT2D eigenvalue weighted by molar-refractivity contribution is 6.32. The number of carbonyl (C=O) groups excluding carboxylic acids is 1. The van der Waals surface area contributed by atoms with Gasteiger partial charge in [0.25, 0.3) is 11.5 Å². The molecule has 0 unspecified atom stereocenters. The summed E-state index contributed by atoms with van der Waals surface area (Å²) in [5.74, 6) is -1.17. The number of aliphatic carboxylic acids is 1. The second kappa shape index (κ2) is 8.66. The topological polar surface area (TPSA) is 113 Å². The first-order valence-electron chi connectivity index (χ1n) is 8.62. The fourth-order valence-corrected chi connectivity index (χ4v) is 3.07. The lowest BCUT2D eigenvalue weighted by Crippen LogP contribution is -2.30. The normalized spacial score (nSPS) is 11.7. The van der Waals surface area contributed by atoms with Crippen molar-refractivity contribution >= 4 is 23.5 Å². The maximum absolute atomic E-state index is 12.7. The molecule has 29 heavy (non-hydrogen) atoms. The molecule has 1 amide bonds. The number of nitrogens with one attached hydrogen (secondary N) is 2. The lowest BCUT2D eigenvalue weighted by molar-refractivity contribution is -0.137. The van der Waals surface area contributed by atoms with Crippen LogP contribution in [-0.2, 0) is 4.79 Å². The SMILES string of the molecule is COc1cccc([C@H](CC(=O)O)NC(=O)c2cc(=O)n(-c3ccccc3Cl)[nH]2)c1. The number of benzene rings is 2. The fourth-order valence-electron chi connectivity index (χ4n) is 2.85. The monoisotopic (exact) mass is 415 g/mol. The molecule has 3 aromatic rings. The van der Waals surface area contributed by atoms with Crippen molar-refractivity contribution in [3.8, 4) is 11.4 Å². The number of rotatable bonds is 7. The molecule has 1 atom stereocenters. The van der Waals surface area contributed by atoms with Gasteiger partial charge in [-0.15, -0.1) is 0 Å². The average molecular weight is 416 g/mol. The lowest BCUT2D eigenvalue weighted by atomic mass is 10.0. The van der Waals surface area contributed by atoms with E-state index in [0.29, 0.717) is 22.0 Å². The Hall–Kier alpha value is -3.52. The van der Waals surface area contributed by atoms with Crippen molar-refractivity contribution in [3.63, 3.8) is 0 Å². The highest BCUT2D eigenvalue weighted by Crippen LogP contribution is 2.22. The molecule has 1 aromatic heterocycles. The summed E-state index contributed by atoms with van der Waals surface area (Å²) in [7, 11) is 1.49. The van der Waals surface area contributed by atoms with Crippen LogP contribution in [0.5, 0.6) is 5.75 Å². The number of para-hydroxylation sites is 1. The van der Waals surface area contributed by atoms with Gasteiger partial charge in [0.05, 0.1) is 30.3 Å². The molecule has 0 spiro atoms. The van der Waals surface area contributed by atoms with Crippen molar-refractivity contribution in [3.05, 3.63) is 81.2 Å². The van der Waals surface area contributed by atoms with E-state index in [9.17, 15) is 19.5 Å². The first-order chi connectivity index (χ1) is 13.9. The molecular formula is C20H18ClN3O5. The van der Waals surface area contributed by atoms with Crippen LogP contribution in [0, 0.1) is 0 Å². The average Bonchev–Trinajstić information content (AvgIpc) is 3.09. The third-order valence-corrected chi connectivity index (χ3v) is 4.56. The van der Waals surface area contributed by atoms with E-state index in [2.05, 4.69) is 10.4 Å². The number of hydrogen-bond acceptors (Lipinski definition) is 4. The maximum Gasteiger partial charge on any atom is 0.305 e. The molecule has 0 bridgehead atoms. The van der Waals surface area contributed by atoms with Crippen LogP contribution in [0.4, 0.5) is 0 Å². The van der Waals surface area contributed by atoms with Crippen LogP contribution < -0.4 is 15.6 Å². The Labute approximate surface area is 170 Å². The smallest absolute Gasteiger partial charge is 0.305 e. The number of ether oxygens (including phenoxy) is 1. The minimum atomic E-state index is -1.08. The number of amides is 1. The number of aromatic nitrogens is 2. The van der Waals surface area contributed by atoms with Crippen LogP contribution in [0.3, 0.4) is 0 Å². The van der Waals surface area contributed by atoms with Crippen LogP contribution in [0.1, 0.15) is 28.5 Å². The van der Waals surface area contributed by atoms with Crippen LogP contribution in [0.15, 0.2) is 59.4 Å². The predicted molar refractivity (Wildman–Crippen MR) is 107 cm³/mol. The van der Waals surface area contributed by atoms with E-state index in [1.165, 1.54) is 7.11 Å². The molecule has 2 aromatic carbocycles. The van der Waals surface area contributed by atoms with Gasteiger partial charge in [-0.1, -0.05) is 35.9 Å². The molecule has 0 saturated heterocycles. The number of halogens is 1. The molecule has 0 aliphatic carbocycles. The molecule has 0 aliphatic heterocycles. The quantitative estimate of drug-likeness (QED) is 0.549. The summed E-state index contributed by atoms with van der Waals surface area (Å²) < 4.78 is 6.30. The first kappa shape index (κ1) is 20.2. The van der Waals surface area contributed by atoms with Crippen molar-refractivity contribution in [2.24, 2.45) is 0 Å². The van der Waals surface area contributed by atoms with Crippen LogP contribution in [0.2, 0.25) is 5.02 Å². The highest BCUT2D eigenvalue weighted by Gasteiger charge is 2.21. The van der Waals surface area contributed by atoms with Crippen LogP contribution >= 0.6 is 11.6 Å². The standard InChI is InChI=1S/C20H18ClN3O5/c1-29-13-6-4-5-12(9-13)15(11-19(26)27)22-20(28)16-10-18(25)24(23-16)17-8-3-2-7-14(17)21/h2-10,15,23H,11H2,1H3,(H,22,28)(H,26,27)/t15-/m0/s1. The first-order valence-corrected chi connectivity index (χ1v) is 9.00. The minimum absolute atomic E-state index is 0.0202. The molecule has 0 saturated carbocycles. The van der Waals surface area contributed by atoms with E-state index in [1.54, 1.807) is 48.5 Å². The zero-order valence-corrected chi connectivity index (χ0v) is 16.1. The Morgan fingerprint density at radius 2 is 1.97 bits per heavy atom. The molecule has 0 fully saturated rings. The third-order valence-electron chi connectivity index (χ3n) is 4.24. The molecular weight excluding hydrogens is 398 g/mol. The third kappa shape index (κ3) is 4.67. The molecule has 8 nitrogen and oxygen atoms in total. The summed E-state index contributed by atoms with van der Waals surface area (Å²) in [4.78, 5) is 36.3. The van der Waals surface area contributed by atoms with Crippen molar-refractivity contribution in [2.75, 3.05) is 7.11 Å². The summed E-state index contributed by atoms with van der Waals surface area (Å²) in [6.45, 7) is 0. The molecule has 0 aliphatic rings. The van der Waals surface area contributed by atoms with E-state index in [4.69, 9.17) is 16.3 Å². The van der Waals surface area contributed by atoms with Gasteiger partial charge < -0.3 is 15.2 Å². The van der Waals surface area contributed by atoms with E-state index < -0.39 is 23.5 Å². The fraction of sp³-hybridized carbons (Fsp3) is 0.150. The maximum atomic E-state index is 12.7.